The first-order valence-electron chi connectivity index (χ1n) is 11.6. The lowest BCUT2D eigenvalue weighted by Crippen LogP contribution is -2.32. The van der Waals surface area contributed by atoms with Gasteiger partial charge in [0, 0.05) is 29.1 Å². The molecule has 7 heteroatoms. The lowest BCUT2D eigenvalue weighted by atomic mass is 9.98. The van der Waals surface area contributed by atoms with Gasteiger partial charge in [0.05, 0.1) is 13.7 Å². The number of aldehydes is 1. The summed E-state index contributed by atoms with van der Waals surface area (Å²) < 4.78 is 11.3. The minimum Gasteiger partial charge on any atom is -0.497 e. The topological polar surface area (TPSA) is 80.7 Å². The van der Waals surface area contributed by atoms with Crippen molar-refractivity contribution in [2.24, 2.45) is 0 Å². The fraction of sp³-hybridized carbons (Fsp3) is 0.172. The Balaban J connectivity index is 1.27. The summed E-state index contributed by atoms with van der Waals surface area (Å²) in [4.78, 5) is 16.7. The van der Waals surface area contributed by atoms with Crippen LogP contribution in [0.25, 0.3) is 11.1 Å². The van der Waals surface area contributed by atoms with E-state index in [0.717, 1.165) is 16.7 Å². The maximum atomic E-state index is 11.4. The number of carbonyl (C=O) groups excluding carboxylic acids is 1. The molecule has 1 aliphatic rings. The normalized spacial score (nSPS) is 13.2. The second kappa shape index (κ2) is 11.1. The van der Waals surface area contributed by atoms with Gasteiger partial charge >= 0.3 is 0 Å². The number of methoxy groups -OCH3 is 1. The maximum Gasteiger partial charge on any atom is 0.213 e. The molecule has 0 radical (unpaired) electrons. The van der Waals surface area contributed by atoms with Crippen molar-refractivity contribution in [3.05, 3.63) is 107 Å². The van der Waals surface area contributed by atoms with Gasteiger partial charge in [-0.25, -0.2) is 4.98 Å². The van der Waals surface area contributed by atoms with Crippen molar-refractivity contribution in [1.82, 2.24) is 10.3 Å². The van der Waals surface area contributed by atoms with Gasteiger partial charge in [-0.05, 0) is 58.1 Å². The summed E-state index contributed by atoms with van der Waals surface area (Å²) in [5.41, 5.74) is 6.26. The van der Waals surface area contributed by atoms with Crippen LogP contribution in [-0.4, -0.2) is 36.5 Å². The predicted octanol–water partition coefficient (Wildman–Crippen LogP) is 5.25. The third-order valence-corrected chi connectivity index (χ3v) is 7.40. The SMILES string of the molecule is COc1ccc(Sc2ncccc2C=O)c(CNC(O)OCC2c3ccccc3-c3ccccc32)c1. The Labute approximate surface area is 214 Å². The quantitative estimate of drug-likeness (QED) is 0.228. The van der Waals surface area contributed by atoms with Crippen molar-refractivity contribution in [1.29, 1.82) is 0 Å². The van der Waals surface area contributed by atoms with Gasteiger partial charge in [0.15, 0.2) is 6.29 Å². The van der Waals surface area contributed by atoms with Crippen molar-refractivity contribution in [2.75, 3.05) is 13.7 Å². The fourth-order valence-electron chi connectivity index (χ4n) is 4.49. The van der Waals surface area contributed by atoms with Crippen LogP contribution in [0.3, 0.4) is 0 Å². The summed E-state index contributed by atoms with van der Waals surface area (Å²) in [6, 6.07) is 25.8. The van der Waals surface area contributed by atoms with Gasteiger partial charge in [-0.3, -0.25) is 10.1 Å². The van der Waals surface area contributed by atoms with Crippen LogP contribution in [0.4, 0.5) is 0 Å². The molecule has 1 heterocycles. The molecule has 0 amide bonds. The molecule has 182 valence electrons. The van der Waals surface area contributed by atoms with Gasteiger partial charge in [0.25, 0.3) is 0 Å². The number of aromatic nitrogens is 1. The predicted molar refractivity (Wildman–Crippen MR) is 139 cm³/mol. The number of rotatable bonds is 10. The van der Waals surface area contributed by atoms with E-state index in [4.69, 9.17) is 9.47 Å². The second-order valence-electron chi connectivity index (χ2n) is 8.39. The summed E-state index contributed by atoms with van der Waals surface area (Å²) in [5.74, 6) is 0.755. The highest BCUT2D eigenvalue weighted by Gasteiger charge is 2.28. The first kappa shape index (κ1) is 24.2. The van der Waals surface area contributed by atoms with E-state index in [2.05, 4.69) is 34.6 Å². The van der Waals surface area contributed by atoms with E-state index in [1.165, 1.54) is 34.0 Å². The number of hydrogen-bond acceptors (Lipinski definition) is 7. The number of carbonyl (C=O) groups is 1. The summed E-state index contributed by atoms with van der Waals surface area (Å²) in [5, 5.41) is 14.3. The molecule has 6 nitrogen and oxygen atoms in total. The van der Waals surface area contributed by atoms with Crippen LogP contribution in [0.5, 0.6) is 5.75 Å². The largest absolute Gasteiger partial charge is 0.497 e. The number of aliphatic hydroxyl groups is 1. The summed E-state index contributed by atoms with van der Waals surface area (Å²) in [7, 11) is 1.61. The zero-order valence-corrected chi connectivity index (χ0v) is 20.6. The van der Waals surface area contributed by atoms with E-state index in [0.29, 0.717) is 29.5 Å². The van der Waals surface area contributed by atoms with Gasteiger partial charge in [-0.15, -0.1) is 0 Å². The van der Waals surface area contributed by atoms with E-state index in [1.807, 2.05) is 42.5 Å². The number of nitrogens with one attached hydrogen (secondary N) is 1. The highest BCUT2D eigenvalue weighted by molar-refractivity contribution is 7.99. The minimum atomic E-state index is -1.16. The third kappa shape index (κ3) is 5.05. The lowest BCUT2D eigenvalue weighted by molar-refractivity contribution is -0.123. The Morgan fingerprint density at radius 2 is 1.75 bits per heavy atom. The first-order valence-corrected chi connectivity index (χ1v) is 12.5. The number of hydrogen-bond donors (Lipinski definition) is 2. The second-order valence-corrected chi connectivity index (χ2v) is 9.42. The molecule has 36 heavy (non-hydrogen) atoms. The number of pyridine rings is 1. The molecule has 0 spiro atoms. The van der Waals surface area contributed by atoms with E-state index in [-0.39, 0.29) is 5.92 Å². The van der Waals surface area contributed by atoms with Crippen LogP contribution >= 0.6 is 11.8 Å². The molecule has 0 saturated heterocycles. The number of fused-ring (bicyclic) bond motifs is 3. The van der Waals surface area contributed by atoms with Gasteiger partial charge < -0.3 is 14.6 Å². The zero-order chi connectivity index (χ0) is 24.9. The molecule has 5 rings (SSSR count). The highest BCUT2D eigenvalue weighted by atomic mass is 32.2. The first-order chi connectivity index (χ1) is 17.7. The van der Waals surface area contributed by atoms with Crippen molar-refractivity contribution >= 4 is 18.0 Å². The molecular formula is C29H26N2O4S. The molecular weight excluding hydrogens is 472 g/mol. The van der Waals surface area contributed by atoms with Gasteiger partial charge in [-0.1, -0.05) is 60.3 Å². The minimum absolute atomic E-state index is 0.0581. The molecule has 1 atom stereocenters. The molecule has 0 bridgehead atoms. The molecule has 4 aromatic rings. The molecule has 0 fully saturated rings. The smallest absolute Gasteiger partial charge is 0.213 e. The average molecular weight is 499 g/mol. The standard InChI is InChI=1S/C29H26N2O4S/c1-34-21-12-13-27(36-28-19(17-32)7-6-14-30-28)20(15-21)16-31-29(33)35-18-26-24-10-4-2-8-22(24)23-9-3-5-11-25(23)26/h2-15,17,26,29,31,33H,16,18H2,1H3. The molecule has 1 unspecified atom stereocenters. The highest BCUT2D eigenvalue weighted by Crippen LogP contribution is 2.44. The van der Waals surface area contributed by atoms with Gasteiger partial charge in [0.2, 0.25) is 6.41 Å². The number of ether oxygens (including phenoxy) is 2. The van der Waals surface area contributed by atoms with Crippen LogP contribution in [0, 0.1) is 0 Å². The van der Waals surface area contributed by atoms with Crippen molar-refractivity contribution < 1.29 is 19.4 Å². The molecule has 1 aromatic heterocycles. The fourth-order valence-corrected chi connectivity index (χ4v) is 5.44. The van der Waals surface area contributed by atoms with Crippen LogP contribution in [0.1, 0.15) is 33.0 Å². The maximum absolute atomic E-state index is 11.4. The van der Waals surface area contributed by atoms with Crippen LogP contribution in [-0.2, 0) is 11.3 Å². The molecule has 2 N–H and O–H groups in total. The van der Waals surface area contributed by atoms with E-state index in [9.17, 15) is 9.90 Å². The van der Waals surface area contributed by atoms with E-state index >= 15 is 0 Å². The number of nitrogens with zero attached hydrogens (tertiary/aromatic N) is 1. The molecule has 1 aliphatic carbocycles. The van der Waals surface area contributed by atoms with Gasteiger partial charge in [-0.2, -0.15) is 0 Å². The summed E-state index contributed by atoms with van der Waals surface area (Å²) in [6.45, 7) is 0.681. The molecule has 0 saturated carbocycles. The number of benzene rings is 3. The third-order valence-electron chi connectivity index (χ3n) is 6.25. The van der Waals surface area contributed by atoms with Crippen molar-refractivity contribution in [2.45, 2.75) is 28.8 Å². The Bertz CT molecular complexity index is 1330. The van der Waals surface area contributed by atoms with Crippen LogP contribution in [0.2, 0.25) is 0 Å². The average Bonchev–Trinajstić information content (AvgIpc) is 3.25. The molecule has 0 aliphatic heterocycles. The monoisotopic (exact) mass is 498 g/mol. The van der Waals surface area contributed by atoms with Crippen molar-refractivity contribution in [3.63, 3.8) is 0 Å². The summed E-state index contributed by atoms with van der Waals surface area (Å²) >= 11 is 1.39. The Morgan fingerprint density at radius 3 is 2.44 bits per heavy atom. The Kier molecular flexibility index (Phi) is 7.44. The lowest BCUT2D eigenvalue weighted by Gasteiger charge is -2.19. The Morgan fingerprint density at radius 1 is 1.03 bits per heavy atom. The van der Waals surface area contributed by atoms with Crippen molar-refractivity contribution in [3.8, 4) is 16.9 Å². The Hall–Kier alpha value is -3.49. The molecule has 3 aromatic carbocycles. The zero-order valence-electron chi connectivity index (χ0n) is 19.8. The van der Waals surface area contributed by atoms with Gasteiger partial charge in [0.1, 0.15) is 10.8 Å². The van der Waals surface area contributed by atoms with Crippen LogP contribution in [0.15, 0.2) is 95.0 Å². The number of aliphatic hydroxyl groups excluding tert-OH is 1. The van der Waals surface area contributed by atoms with E-state index in [1.54, 1.807) is 25.4 Å². The van der Waals surface area contributed by atoms with E-state index < -0.39 is 6.41 Å². The van der Waals surface area contributed by atoms with Crippen LogP contribution < -0.4 is 10.1 Å². The summed E-state index contributed by atoms with van der Waals surface area (Å²) in [6.07, 6.45) is 1.30.